The lowest BCUT2D eigenvalue weighted by atomic mass is 9.75. The number of anilines is 1. The van der Waals surface area contributed by atoms with Crippen molar-refractivity contribution >= 4 is 28.9 Å². The molecule has 118 valence electrons. The van der Waals surface area contributed by atoms with Gasteiger partial charge < -0.3 is 5.32 Å². The van der Waals surface area contributed by atoms with Crippen LogP contribution >= 0.6 is 23.2 Å². The van der Waals surface area contributed by atoms with Crippen molar-refractivity contribution in [2.45, 2.75) is 32.2 Å². The van der Waals surface area contributed by atoms with Crippen LogP contribution in [-0.2, 0) is 0 Å². The van der Waals surface area contributed by atoms with Crippen LogP contribution in [0, 0.1) is 19.8 Å². The van der Waals surface area contributed by atoms with Crippen LogP contribution in [0.3, 0.4) is 0 Å². The maximum absolute atomic E-state index is 6.50. The molecule has 0 fully saturated rings. The van der Waals surface area contributed by atoms with E-state index in [1.54, 1.807) is 0 Å². The summed E-state index contributed by atoms with van der Waals surface area (Å²) in [5, 5.41) is 5.19. The Morgan fingerprint density at radius 1 is 1.09 bits per heavy atom. The molecular formula is C20H19Cl2N. The van der Waals surface area contributed by atoms with Gasteiger partial charge in [-0.15, -0.1) is 0 Å². The highest BCUT2D eigenvalue weighted by Gasteiger charge is 2.39. The molecular weight excluding hydrogens is 325 g/mol. The number of hydrogen-bond donors (Lipinski definition) is 1. The molecule has 1 nitrogen and oxygen atoms in total. The summed E-state index contributed by atoms with van der Waals surface area (Å²) in [6.07, 6.45) is 5.75. The Labute approximate surface area is 147 Å². The van der Waals surface area contributed by atoms with E-state index in [4.69, 9.17) is 23.2 Å². The fourth-order valence-electron chi connectivity index (χ4n) is 4.20. The molecule has 0 saturated carbocycles. The van der Waals surface area contributed by atoms with Crippen LogP contribution in [0.5, 0.6) is 0 Å². The normalized spacial score (nSPS) is 25.0. The maximum atomic E-state index is 6.50. The van der Waals surface area contributed by atoms with E-state index in [0.717, 1.165) is 17.0 Å². The number of fused-ring (bicyclic) bond motifs is 3. The van der Waals surface area contributed by atoms with E-state index >= 15 is 0 Å². The maximum Gasteiger partial charge on any atom is 0.0568 e. The van der Waals surface area contributed by atoms with Crippen molar-refractivity contribution in [1.82, 2.24) is 0 Å². The first kappa shape index (κ1) is 15.1. The minimum Gasteiger partial charge on any atom is -0.378 e. The molecule has 0 bridgehead atoms. The molecule has 2 aliphatic rings. The molecule has 3 atom stereocenters. The molecule has 2 aromatic carbocycles. The van der Waals surface area contributed by atoms with Crippen molar-refractivity contribution in [3.63, 3.8) is 0 Å². The van der Waals surface area contributed by atoms with Crippen LogP contribution < -0.4 is 5.32 Å². The van der Waals surface area contributed by atoms with Crippen LogP contribution in [0.25, 0.3) is 0 Å². The largest absolute Gasteiger partial charge is 0.378 e. The van der Waals surface area contributed by atoms with Crippen LogP contribution in [-0.4, -0.2) is 0 Å². The summed E-state index contributed by atoms with van der Waals surface area (Å²) in [6.45, 7) is 4.36. The second kappa shape index (κ2) is 5.58. The molecule has 0 amide bonds. The topological polar surface area (TPSA) is 12.0 Å². The van der Waals surface area contributed by atoms with Gasteiger partial charge in [0.1, 0.15) is 0 Å². The standard InChI is InChI=1S/C20H19Cl2N/c1-11-8-12(2)19-14-4-3-5-15(14)20(23-18(19)9-11)16-7-6-13(21)10-17(16)22/h3-4,6-10,14-15,20,23H,5H2,1-2H3/t14-,15-,20-/m0/s1. The fraction of sp³-hybridized carbons (Fsp3) is 0.300. The van der Waals surface area contributed by atoms with Gasteiger partial charge >= 0.3 is 0 Å². The summed E-state index contributed by atoms with van der Waals surface area (Å²) < 4.78 is 0. The van der Waals surface area contributed by atoms with Gasteiger partial charge in [0, 0.05) is 21.7 Å². The predicted octanol–water partition coefficient (Wildman–Crippen LogP) is 6.44. The molecule has 3 heteroatoms. The highest BCUT2D eigenvalue weighted by molar-refractivity contribution is 6.35. The van der Waals surface area contributed by atoms with E-state index in [1.165, 1.54) is 22.4 Å². The molecule has 0 radical (unpaired) electrons. The number of halogens is 2. The molecule has 23 heavy (non-hydrogen) atoms. The Bertz CT molecular complexity index is 810. The Kier molecular flexibility index (Phi) is 3.66. The molecule has 1 aliphatic carbocycles. The number of hydrogen-bond acceptors (Lipinski definition) is 1. The van der Waals surface area contributed by atoms with Gasteiger partial charge in [0.25, 0.3) is 0 Å². The summed E-state index contributed by atoms with van der Waals surface area (Å²) in [6, 6.07) is 10.6. The molecule has 0 saturated heterocycles. The Morgan fingerprint density at radius 3 is 2.70 bits per heavy atom. The second-order valence-electron chi connectivity index (χ2n) is 6.68. The second-order valence-corrected chi connectivity index (χ2v) is 7.53. The monoisotopic (exact) mass is 343 g/mol. The van der Waals surface area contributed by atoms with E-state index in [1.807, 2.05) is 12.1 Å². The van der Waals surface area contributed by atoms with E-state index < -0.39 is 0 Å². The van der Waals surface area contributed by atoms with E-state index in [0.29, 0.717) is 16.9 Å². The van der Waals surface area contributed by atoms with Crippen molar-refractivity contribution in [3.8, 4) is 0 Å². The lowest BCUT2D eigenvalue weighted by Crippen LogP contribution is -2.30. The molecule has 0 aromatic heterocycles. The smallest absolute Gasteiger partial charge is 0.0568 e. The fourth-order valence-corrected chi connectivity index (χ4v) is 4.73. The SMILES string of the molecule is Cc1cc(C)c2c(c1)N[C@H](c1ccc(Cl)cc1Cl)[C@H]1CC=C[C@H]21. The summed E-state index contributed by atoms with van der Waals surface area (Å²) in [4.78, 5) is 0. The van der Waals surface area contributed by atoms with E-state index in [9.17, 15) is 0 Å². The number of nitrogens with one attached hydrogen (secondary N) is 1. The highest BCUT2D eigenvalue weighted by Crippen LogP contribution is 2.51. The van der Waals surface area contributed by atoms with Gasteiger partial charge in [-0.3, -0.25) is 0 Å². The zero-order valence-electron chi connectivity index (χ0n) is 13.2. The van der Waals surface area contributed by atoms with Crippen LogP contribution in [0.4, 0.5) is 5.69 Å². The van der Waals surface area contributed by atoms with Crippen molar-refractivity contribution in [2.75, 3.05) is 5.32 Å². The third kappa shape index (κ3) is 2.47. The summed E-state index contributed by atoms with van der Waals surface area (Å²) in [7, 11) is 0. The highest BCUT2D eigenvalue weighted by atomic mass is 35.5. The zero-order chi connectivity index (χ0) is 16.1. The summed E-state index contributed by atoms with van der Waals surface area (Å²) in [5.41, 5.74) is 6.48. The molecule has 1 heterocycles. The van der Waals surface area contributed by atoms with Crippen molar-refractivity contribution < 1.29 is 0 Å². The Morgan fingerprint density at radius 2 is 1.91 bits per heavy atom. The molecule has 0 spiro atoms. The lowest BCUT2D eigenvalue weighted by molar-refractivity contribution is 0.424. The van der Waals surface area contributed by atoms with Crippen LogP contribution in [0.2, 0.25) is 10.0 Å². The van der Waals surface area contributed by atoms with Gasteiger partial charge in [-0.2, -0.15) is 0 Å². The first-order valence-corrected chi connectivity index (χ1v) is 8.79. The summed E-state index contributed by atoms with van der Waals surface area (Å²) in [5.74, 6) is 0.964. The molecule has 2 aromatic rings. The lowest BCUT2D eigenvalue weighted by Gasteiger charge is -2.39. The van der Waals surface area contributed by atoms with Gasteiger partial charge in [-0.05, 0) is 66.6 Å². The average molecular weight is 344 g/mol. The third-order valence-corrected chi connectivity index (χ3v) is 5.68. The van der Waals surface area contributed by atoms with Crippen LogP contribution in [0.1, 0.15) is 40.6 Å². The number of allylic oxidation sites excluding steroid dienone is 2. The molecule has 1 aliphatic heterocycles. The number of rotatable bonds is 1. The summed E-state index contributed by atoms with van der Waals surface area (Å²) >= 11 is 12.6. The quantitative estimate of drug-likeness (QED) is 0.587. The van der Waals surface area contributed by atoms with Gasteiger partial charge in [0.05, 0.1) is 6.04 Å². The van der Waals surface area contributed by atoms with Crippen molar-refractivity contribution in [3.05, 3.63) is 74.8 Å². The molecule has 0 unspecified atom stereocenters. The Balaban J connectivity index is 1.84. The zero-order valence-corrected chi connectivity index (χ0v) is 14.7. The van der Waals surface area contributed by atoms with E-state index in [-0.39, 0.29) is 6.04 Å². The van der Waals surface area contributed by atoms with Crippen molar-refractivity contribution in [1.29, 1.82) is 0 Å². The van der Waals surface area contributed by atoms with Gasteiger partial charge in [0.15, 0.2) is 0 Å². The molecule has 4 rings (SSSR count). The van der Waals surface area contributed by atoms with E-state index in [2.05, 4.69) is 49.5 Å². The number of benzene rings is 2. The first-order valence-electron chi connectivity index (χ1n) is 8.04. The van der Waals surface area contributed by atoms with Crippen molar-refractivity contribution in [2.24, 2.45) is 5.92 Å². The van der Waals surface area contributed by atoms with Gasteiger partial charge in [-0.1, -0.05) is 47.5 Å². The number of aryl methyl sites for hydroxylation is 2. The average Bonchev–Trinajstić information content (AvgIpc) is 2.95. The minimum atomic E-state index is 0.216. The van der Waals surface area contributed by atoms with Gasteiger partial charge in [0.2, 0.25) is 0 Å². The molecule has 1 N–H and O–H groups in total. The van der Waals surface area contributed by atoms with Gasteiger partial charge in [-0.25, -0.2) is 0 Å². The van der Waals surface area contributed by atoms with Crippen LogP contribution in [0.15, 0.2) is 42.5 Å². The predicted molar refractivity (Wildman–Crippen MR) is 98.7 cm³/mol. The third-order valence-electron chi connectivity index (χ3n) is 5.11. The first-order chi connectivity index (χ1) is 11.0. The minimum absolute atomic E-state index is 0.216. The Hall–Kier alpha value is -1.44.